The van der Waals surface area contributed by atoms with E-state index in [1.807, 2.05) is 20.0 Å². The molecule has 0 radical (unpaired) electrons. The van der Waals surface area contributed by atoms with Crippen LogP contribution in [-0.4, -0.2) is 30.6 Å². The molecular weight excluding hydrogens is 272 g/mol. The standard InChI is InChI=1S/C18H26N4/c1-5-6-12-21(3)17-13-15(2)19-18(20-17)22(4)14-16-10-8-7-9-11-16/h7-11,13H,5-6,12,14H2,1-4H3. The van der Waals surface area contributed by atoms with Gasteiger partial charge in [-0.25, -0.2) is 4.98 Å². The van der Waals surface area contributed by atoms with Crippen LogP contribution in [0.1, 0.15) is 31.0 Å². The van der Waals surface area contributed by atoms with Crippen molar-refractivity contribution in [1.29, 1.82) is 0 Å². The van der Waals surface area contributed by atoms with Gasteiger partial charge in [0.05, 0.1) is 0 Å². The second-order valence-corrected chi connectivity index (χ2v) is 5.78. The summed E-state index contributed by atoms with van der Waals surface area (Å²) < 4.78 is 0. The molecule has 0 spiro atoms. The van der Waals surface area contributed by atoms with Crippen molar-refractivity contribution < 1.29 is 0 Å². The molecule has 0 unspecified atom stereocenters. The normalized spacial score (nSPS) is 10.5. The van der Waals surface area contributed by atoms with E-state index in [0.717, 1.165) is 30.5 Å². The summed E-state index contributed by atoms with van der Waals surface area (Å²) in [5, 5.41) is 0. The molecule has 0 amide bonds. The maximum Gasteiger partial charge on any atom is 0.227 e. The highest BCUT2D eigenvalue weighted by Gasteiger charge is 2.10. The summed E-state index contributed by atoms with van der Waals surface area (Å²) in [7, 11) is 4.13. The number of nitrogens with zero attached hydrogens (tertiary/aromatic N) is 4. The number of hydrogen-bond donors (Lipinski definition) is 0. The molecule has 0 bridgehead atoms. The van der Waals surface area contributed by atoms with Crippen LogP contribution < -0.4 is 9.80 Å². The topological polar surface area (TPSA) is 32.3 Å². The van der Waals surface area contributed by atoms with E-state index >= 15 is 0 Å². The Bertz CT molecular complexity index is 583. The fourth-order valence-corrected chi connectivity index (χ4v) is 2.34. The van der Waals surface area contributed by atoms with Gasteiger partial charge in [-0.1, -0.05) is 43.7 Å². The fourth-order valence-electron chi connectivity index (χ4n) is 2.34. The van der Waals surface area contributed by atoms with E-state index in [1.165, 1.54) is 18.4 Å². The van der Waals surface area contributed by atoms with Gasteiger partial charge < -0.3 is 9.80 Å². The predicted molar refractivity (Wildman–Crippen MR) is 93.5 cm³/mol. The van der Waals surface area contributed by atoms with E-state index in [0.29, 0.717) is 0 Å². The summed E-state index contributed by atoms with van der Waals surface area (Å²) >= 11 is 0. The van der Waals surface area contributed by atoms with Crippen LogP contribution in [-0.2, 0) is 6.54 Å². The zero-order valence-electron chi connectivity index (χ0n) is 14.1. The third-order valence-electron chi connectivity index (χ3n) is 3.67. The van der Waals surface area contributed by atoms with Crippen LogP contribution in [0.4, 0.5) is 11.8 Å². The molecule has 0 atom stereocenters. The third kappa shape index (κ3) is 4.45. The van der Waals surface area contributed by atoms with Crippen LogP contribution in [0, 0.1) is 6.92 Å². The number of aromatic nitrogens is 2. The fraction of sp³-hybridized carbons (Fsp3) is 0.444. The quantitative estimate of drug-likeness (QED) is 0.781. The van der Waals surface area contributed by atoms with Crippen LogP contribution in [0.25, 0.3) is 0 Å². The number of benzene rings is 1. The molecule has 4 heteroatoms. The molecule has 0 aliphatic heterocycles. The number of rotatable bonds is 7. The molecule has 1 aromatic heterocycles. The van der Waals surface area contributed by atoms with Crippen LogP contribution in [0.5, 0.6) is 0 Å². The van der Waals surface area contributed by atoms with Crippen molar-refractivity contribution in [3.8, 4) is 0 Å². The molecule has 1 heterocycles. The first kappa shape index (κ1) is 16.3. The molecule has 0 aliphatic rings. The molecule has 0 saturated heterocycles. The lowest BCUT2D eigenvalue weighted by molar-refractivity contribution is 0.754. The summed E-state index contributed by atoms with van der Waals surface area (Å²) in [5.74, 6) is 1.78. The van der Waals surface area contributed by atoms with E-state index in [-0.39, 0.29) is 0 Å². The monoisotopic (exact) mass is 298 g/mol. The lowest BCUT2D eigenvalue weighted by Gasteiger charge is -2.22. The van der Waals surface area contributed by atoms with Crippen molar-refractivity contribution in [3.05, 3.63) is 47.7 Å². The van der Waals surface area contributed by atoms with Crippen molar-refractivity contribution in [3.63, 3.8) is 0 Å². The number of unbranched alkanes of at least 4 members (excludes halogenated alkanes) is 1. The molecule has 4 nitrogen and oxygen atoms in total. The van der Waals surface area contributed by atoms with Gasteiger partial charge in [-0.2, -0.15) is 4.98 Å². The van der Waals surface area contributed by atoms with Crippen LogP contribution in [0.2, 0.25) is 0 Å². The number of hydrogen-bond acceptors (Lipinski definition) is 4. The van der Waals surface area contributed by atoms with Gasteiger partial charge in [0, 0.05) is 38.9 Å². The molecule has 2 aromatic rings. The Morgan fingerprint density at radius 2 is 1.73 bits per heavy atom. The molecule has 0 saturated carbocycles. The predicted octanol–water partition coefficient (Wildman–Crippen LogP) is 3.66. The maximum atomic E-state index is 4.72. The summed E-state index contributed by atoms with van der Waals surface area (Å²) in [6.45, 7) is 6.06. The first-order valence-electron chi connectivity index (χ1n) is 7.92. The lowest BCUT2D eigenvalue weighted by atomic mass is 10.2. The molecule has 118 valence electrons. The second-order valence-electron chi connectivity index (χ2n) is 5.78. The first-order chi connectivity index (χ1) is 10.6. The van der Waals surface area contributed by atoms with E-state index in [4.69, 9.17) is 4.98 Å². The first-order valence-corrected chi connectivity index (χ1v) is 7.92. The lowest BCUT2D eigenvalue weighted by Crippen LogP contribution is -2.23. The summed E-state index contributed by atoms with van der Waals surface area (Å²) in [6.07, 6.45) is 2.36. The molecule has 0 aliphatic carbocycles. The van der Waals surface area contributed by atoms with Gasteiger partial charge in [-0.3, -0.25) is 0 Å². The average Bonchev–Trinajstić information content (AvgIpc) is 2.53. The Morgan fingerprint density at radius 1 is 1.00 bits per heavy atom. The van der Waals surface area contributed by atoms with Crippen molar-refractivity contribution in [2.45, 2.75) is 33.2 Å². The largest absolute Gasteiger partial charge is 0.360 e. The minimum atomic E-state index is 0.780. The summed E-state index contributed by atoms with van der Waals surface area (Å²) in [4.78, 5) is 13.6. The van der Waals surface area contributed by atoms with Crippen LogP contribution >= 0.6 is 0 Å². The average molecular weight is 298 g/mol. The zero-order chi connectivity index (χ0) is 15.9. The molecule has 0 N–H and O–H groups in total. The van der Waals surface area contributed by atoms with Gasteiger partial charge in [0.25, 0.3) is 0 Å². The van der Waals surface area contributed by atoms with E-state index < -0.39 is 0 Å². The molecule has 2 rings (SSSR count). The molecule has 0 fully saturated rings. The van der Waals surface area contributed by atoms with Gasteiger partial charge >= 0.3 is 0 Å². The van der Waals surface area contributed by atoms with Crippen molar-refractivity contribution in [2.24, 2.45) is 0 Å². The summed E-state index contributed by atoms with van der Waals surface area (Å²) in [6, 6.07) is 12.5. The SMILES string of the molecule is CCCCN(C)c1cc(C)nc(N(C)Cc2ccccc2)n1. The van der Waals surface area contributed by atoms with E-state index in [9.17, 15) is 0 Å². The van der Waals surface area contributed by atoms with Gasteiger partial charge in [0.15, 0.2) is 0 Å². The van der Waals surface area contributed by atoms with Crippen LogP contribution in [0.3, 0.4) is 0 Å². The van der Waals surface area contributed by atoms with Gasteiger partial charge in [-0.05, 0) is 18.9 Å². The van der Waals surface area contributed by atoms with Crippen molar-refractivity contribution in [2.75, 3.05) is 30.4 Å². The Kier molecular flexibility index (Phi) is 5.75. The second kappa shape index (κ2) is 7.78. The maximum absolute atomic E-state index is 4.72. The van der Waals surface area contributed by atoms with Crippen molar-refractivity contribution >= 4 is 11.8 Å². The number of aryl methyl sites for hydroxylation is 1. The molecular formula is C18H26N4. The van der Waals surface area contributed by atoms with Gasteiger partial charge in [0.1, 0.15) is 5.82 Å². The Balaban J connectivity index is 2.14. The minimum absolute atomic E-state index is 0.780. The highest BCUT2D eigenvalue weighted by Crippen LogP contribution is 2.17. The van der Waals surface area contributed by atoms with Gasteiger partial charge in [0.2, 0.25) is 5.95 Å². The van der Waals surface area contributed by atoms with E-state index in [2.05, 4.69) is 59.1 Å². The third-order valence-corrected chi connectivity index (χ3v) is 3.67. The van der Waals surface area contributed by atoms with E-state index in [1.54, 1.807) is 0 Å². The van der Waals surface area contributed by atoms with Crippen molar-refractivity contribution in [1.82, 2.24) is 9.97 Å². The number of anilines is 2. The molecule has 22 heavy (non-hydrogen) atoms. The Hall–Kier alpha value is -2.10. The Labute approximate surface area is 133 Å². The zero-order valence-corrected chi connectivity index (χ0v) is 14.1. The highest BCUT2D eigenvalue weighted by atomic mass is 15.3. The van der Waals surface area contributed by atoms with Crippen LogP contribution in [0.15, 0.2) is 36.4 Å². The van der Waals surface area contributed by atoms with Gasteiger partial charge in [-0.15, -0.1) is 0 Å². The molecule has 1 aromatic carbocycles. The smallest absolute Gasteiger partial charge is 0.227 e. The minimum Gasteiger partial charge on any atom is -0.360 e. The Morgan fingerprint density at radius 3 is 2.41 bits per heavy atom. The highest BCUT2D eigenvalue weighted by molar-refractivity contribution is 5.45. The summed E-state index contributed by atoms with van der Waals surface area (Å²) in [5.41, 5.74) is 2.26.